The number of likely N-dealkylation sites (N-methyl/N-ethyl adjacent to an activating group) is 1. The standard InChI is InChI=1S/C25H30N2O5/c1-4-5-15-32-20-8-6-7-18(16-20)23(29)21-22(17-9-11-19(28)12-10-17)27(14-13-26(2)3)25(31)24(21)30/h6-12,16,22,28-29H,4-5,13-15H2,1-3H3. The van der Waals surface area contributed by atoms with Crippen LogP contribution in [-0.4, -0.2) is 65.5 Å². The number of unbranched alkanes of at least 4 members (excludes halogenated alkanes) is 1. The Morgan fingerprint density at radius 1 is 1.12 bits per heavy atom. The van der Waals surface area contributed by atoms with Crippen molar-refractivity contribution >= 4 is 17.4 Å². The highest BCUT2D eigenvalue weighted by Crippen LogP contribution is 2.40. The number of hydrogen-bond donors (Lipinski definition) is 2. The predicted molar refractivity (Wildman–Crippen MR) is 123 cm³/mol. The molecule has 1 saturated heterocycles. The first-order valence-electron chi connectivity index (χ1n) is 10.8. The molecule has 170 valence electrons. The summed E-state index contributed by atoms with van der Waals surface area (Å²) in [6, 6.07) is 12.5. The summed E-state index contributed by atoms with van der Waals surface area (Å²) in [4.78, 5) is 29.3. The van der Waals surface area contributed by atoms with E-state index in [2.05, 4.69) is 6.92 Å². The molecule has 1 heterocycles. The molecule has 2 aromatic rings. The zero-order valence-corrected chi connectivity index (χ0v) is 18.7. The fourth-order valence-electron chi connectivity index (χ4n) is 3.64. The summed E-state index contributed by atoms with van der Waals surface area (Å²) in [5, 5.41) is 20.8. The SMILES string of the molecule is CCCCOc1cccc(C(O)=C2C(=O)C(=O)N(CCN(C)C)C2c2ccc(O)cc2)c1. The van der Waals surface area contributed by atoms with Gasteiger partial charge in [-0.3, -0.25) is 9.59 Å². The fourth-order valence-corrected chi connectivity index (χ4v) is 3.64. The Bertz CT molecular complexity index is 998. The average Bonchev–Trinajstić information content (AvgIpc) is 3.03. The van der Waals surface area contributed by atoms with Crippen molar-refractivity contribution in [2.24, 2.45) is 0 Å². The molecule has 7 heteroatoms. The molecule has 0 saturated carbocycles. The van der Waals surface area contributed by atoms with Crippen molar-refractivity contribution in [2.75, 3.05) is 33.8 Å². The molecule has 1 fully saturated rings. The normalized spacial score (nSPS) is 17.9. The monoisotopic (exact) mass is 438 g/mol. The van der Waals surface area contributed by atoms with Gasteiger partial charge in [0.1, 0.15) is 17.3 Å². The van der Waals surface area contributed by atoms with E-state index in [0.717, 1.165) is 12.8 Å². The minimum atomic E-state index is -0.750. The van der Waals surface area contributed by atoms with Crippen LogP contribution in [0.3, 0.4) is 0 Å². The maximum Gasteiger partial charge on any atom is 0.295 e. The topological polar surface area (TPSA) is 90.3 Å². The van der Waals surface area contributed by atoms with E-state index in [-0.39, 0.29) is 17.1 Å². The van der Waals surface area contributed by atoms with Gasteiger partial charge in [-0.15, -0.1) is 0 Å². The fraction of sp³-hybridized carbons (Fsp3) is 0.360. The Hall–Kier alpha value is -3.32. The van der Waals surface area contributed by atoms with Gasteiger partial charge in [-0.1, -0.05) is 37.6 Å². The Kier molecular flexibility index (Phi) is 7.53. The molecule has 7 nitrogen and oxygen atoms in total. The molecular weight excluding hydrogens is 408 g/mol. The lowest BCUT2D eigenvalue weighted by Gasteiger charge is -2.26. The summed E-state index contributed by atoms with van der Waals surface area (Å²) in [5.74, 6) is -0.949. The van der Waals surface area contributed by atoms with E-state index in [9.17, 15) is 19.8 Å². The third kappa shape index (κ3) is 5.11. The molecular formula is C25H30N2O5. The molecule has 0 radical (unpaired) electrons. The summed E-state index contributed by atoms with van der Waals surface area (Å²) in [7, 11) is 3.77. The zero-order valence-electron chi connectivity index (χ0n) is 18.7. The Morgan fingerprint density at radius 3 is 2.50 bits per heavy atom. The molecule has 0 spiro atoms. The average molecular weight is 439 g/mol. The van der Waals surface area contributed by atoms with Gasteiger partial charge in [0.2, 0.25) is 0 Å². The minimum absolute atomic E-state index is 0.0326. The molecule has 1 aliphatic rings. The van der Waals surface area contributed by atoms with Crippen LogP contribution in [0.1, 0.15) is 36.9 Å². The van der Waals surface area contributed by atoms with Crippen LogP contribution in [0.4, 0.5) is 0 Å². The number of Topliss-reactive ketones (excluding diaryl/α,β-unsaturated/α-hetero) is 1. The number of amides is 1. The Labute approximate surface area is 188 Å². The van der Waals surface area contributed by atoms with Gasteiger partial charge in [-0.2, -0.15) is 0 Å². The summed E-state index contributed by atoms with van der Waals surface area (Å²) in [6.45, 7) is 3.51. The maximum absolute atomic E-state index is 13.0. The lowest BCUT2D eigenvalue weighted by Crippen LogP contribution is -2.35. The number of phenols is 1. The van der Waals surface area contributed by atoms with Crippen LogP contribution in [-0.2, 0) is 9.59 Å². The predicted octanol–water partition coefficient (Wildman–Crippen LogP) is 3.55. The Morgan fingerprint density at radius 2 is 1.84 bits per heavy atom. The number of phenolic OH excluding ortho intramolecular Hbond substituents is 1. The highest BCUT2D eigenvalue weighted by atomic mass is 16.5. The number of aromatic hydroxyl groups is 1. The highest BCUT2D eigenvalue weighted by Gasteiger charge is 2.45. The first-order chi connectivity index (χ1) is 15.3. The van der Waals surface area contributed by atoms with Gasteiger partial charge in [0, 0.05) is 18.7 Å². The number of ether oxygens (including phenoxy) is 1. The third-order valence-corrected chi connectivity index (χ3v) is 5.41. The van der Waals surface area contributed by atoms with Crippen LogP contribution < -0.4 is 4.74 Å². The second kappa shape index (κ2) is 10.3. The van der Waals surface area contributed by atoms with Crippen molar-refractivity contribution in [1.82, 2.24) is 9.80 Å². The van der Waals surface area contributed by atoms with Crippen molar-refractivity contribution in [3.8, 4) is 11.5 Å². The largest absolute Gasteiger partial charge is 0.508 e. The van der Waals surface area contributed by atoms with Gasteiger partial charge >= 0.3 is 0 Å². The van der Waals surface area contributed by atoms with E-state index in [0.29, 0.717) is 36.6 Å². The van der Waals surface area contributed by atoms with Crippen LogP contribution in [0.15, 0.2) is 54.1 Å². The van der Waals surface area contributed by atoms with Crippen molar-refractivity contribution in [3.63, 3.8) is 0 Å². The lowest BCUT2D eigenvalue weighted by molar-refractivity contribution is -0.140. The first kappa shape index (κ1) is 23.3. The van der Waals surface area contributed by atoms with Crippen molar-refractivity contribution in [1.29, 1.82) is 0 Å². The van der Waals surface area contributed by atoms with Crippen molar-refractivity contribution in [2.45, 2.75) is 25.8 Å². The molecule has 1 amide bonds. The molecule has 0 aliphatic carbocycles. The number of nitrogens with zero attached hydrogens (tertiary/aromatic N) is 2. The molecule has 1 aliphatic heterocycles. The molecule has 32 heavy (non-hydrogen) atoms. The second-order valence-corrected chi connectivity index (χ2v) is 8.12. The Balaban J connectivity index is 2.05. The van der Waals surface area contributed by atoms with Crippen molar-refractivity contribution < 1.29 is 24.5 Å². The molecule has 2 N–H and O–H groups in total. The minimum Gasteiger partial charge on any atom is -0.508 e. The number of carbonyl (C=O) groups is 2. The highest BCUT2D eigenvalue weighted by molar-refractivity contribution is 6.46. The lowest BCUT2D eigenvalue weighted by atomic mass is 9.95. The number of aliphatic hydroxyl groups is 1. The smallest absolute Gasteiger partial charge is 0.295 e. The van der Waals surface area contributed by atoms with E-state index in [1.165, 1.54) is 17.0 Å². The number of rotatable bonds is 9. The number of ketones is 1. The summed E-state index contributed by atoms with van der Waals surface area (Å²) < 4.78 is 5.73. The molecule has 1 atom stereocenters. The van der Waals surface area contributed by atoms with Crippen molar-refractivity contribution in [3.05, 3.63) is 65.2 Å². The van der Waals surface area contributed by atoms with Gasteiger partial charge in [-0.25, -0.2) is 0 Å². The number of aliphatic hydroxyl groups excluding tert-OH is 1. The van der Waals surface area contributed by atoms with Crippen LogP contribution in [0.25, 0.3) is 5.76 Å². The summed E-state index contributed by atoms with van der Waals surface area (Å²) >= 11 is 0. The van der Waals surface area contributed by atoms with E-state index >= 15 is 0 Å². The quantitative estimate of drug-likeness (QED) is 0.269. The van der Waals surface area contributed by atoms with Crippen LogP contribution >= 0.6 is 0 Å². The van der Waals surface area contributed by atoms with Crippen LogP contribution in [0.5, 0.6) is 11.5 Å². The zero-order chi connectivity index (χ0) is 23.3. The van der Waals surface area contributed by atoms with Gasteiger partial charge in [-0.05, 0) is 50.3 Å². The molecule has 1 unspecified atom stereocenters. The molecule has 3 rings (SSSR count). The molecule has 2 aromatic carbocycles. The second-order valence-electron chi connectivity index (χ2n) is 8.12. The van der Waals surface area contributed by atoms with Gasteiger partial charge < -0.3 is 24.7 Å². The van der Waals surface area contributed by atoms with Gasteiger partial charge in [0.05, 0.1) is 18.2 Å². The third-order valence-electron chi connectivity index (χ3n) is 5.41. The van der Waals surface area contributed by atoms with Gasteiger partial charge in [0.25, 0.3) is 11.7 Å². The number of carbonyl (C=O) groups excluding carboxylic acids is 2. The van der Waals surface area contributed by atoms with Gasteiger partial charge in [0.15, 0.2) is 0 Å². The van der Waals surface area contributed by atoms with E-state index in [1.807, 2.05) is 19.0 Å². The van der Waals surface area contributed by atoms with Crippen LogP contribution in [0.2, 0.25) is 0 Å². The summed E-state index contributed by atoms with van der Waals surface area (Å²) in [5.41, 5.74) is 1.08. The first-order valence-corrected chi connectivity index (χ1v) is 10.8. The van der Waals surface area contributed by atoms with Crippen LogP contribution in [0, 0.1) is 0 Å². The van der Waals surface area contributed by atoms with E-state index in [1.54, 1.807) is 36.4 Å². The van der Waals surface area contributed by atoms with E-state index in [4.69, 9.17) is 4.74 Å². The maximum atomic E-state index is 13.0. The number of likely N-dealkylation sites (tertiary alicyclic amines) is 1. The molecule has 0 aromatic heterocycles. The number of hydrogen-bond acceptors (Lipinski definition) is 6. The number of benzene rings is 2. The summed E-state index contributed by atoms with van der Waals surface area (Å²) in [6.07, 6.45) is 1.91. The van der Waals surface area contributed by atoms with E-state index < -0.39 is 17.7 Å². The molecule has 0 bridgehead atoms.